The van der Waals surface area contributed by atoms with Gasteiger partial charge in [0.05, 0.1) is 0 Å². The van der Waals surface area contributed by atoms with Gasteiger partial charge in [0.15, 0.2) is 0 Å². The second kappa shape index (κ2) is 4.24. The minimum absolute atomic E-state index is 1.08. The molecule has 0 saturated carbocycles. The summed E-state index contributed by atoms with van der Waals surface area (Å²) >= 11 is 4.44. The van der Waals surface area contributed by atoms with Gasteiger partial charge in [0.1, 0.15) is 0 Å². The summed E-state index contributed by atoms with van der Waals surface area (Å²) in [7, 11) is 0. The molecule has 1 aromatic carbocycles. The first-order chi connectivity index (χ1) is 6.79. The monoisotopic (exact) mass is 208 g/mol. The predicted molar refractivity (Wildman–Crippen MR) is 63.5 cm³/mol. The molecule has 1 fully saturated rings. The fourth-order valence-corrected chi connectivity index (χ4v) is 2.06. The van der Waals surface area contributed by atoms with E-state index in [1.54, 1.807) is 0 Å². The minimum Gasteiger partial charge on any atom is -0.369 e. The summed E-state index contributed by atoms with van der Waals surface area (Å²) in [6.45, 7) is 6.49. The normalized spacial score (nSPS) is 17.1. The zero-order valence-electron chi connectivity index (χ0n) is 8.45. The van der Waals surface area contributed by atoms with Gasteiger partial charge < -0.3 is 10.2 Å². The van der Waals surface area contributed by atoms with Crippen molar-refractivity contribution in [2.75, 3.05) is 31.1 Å². The lowest BCUT2D eigenvalue weighted by Gasteiger charge is -2.31. The Morgan fingerprint density at radius 3 is 2.71 bits per heavy atom. The number of rotatable bonds is 1. The quantitative estimate of drug-likeness (QED) is 0.683. The van der Waals surface area contributed by atoms with E-state index in [1.807, 2.05) is 6.07 Å². The van der Waals surface area contributed by atoms with E-state index in [0.29, 0.717) is 0 Å². The molecule has 0 aromatic heterocycles. The molecule has 2 rings (SSSR count). The Bertz CT molecular complexity index is 319. The molecule has 0 aliphatic carbocycles. The molecule has 0 radical (unpaired) electrons. The van der Waals surface area contributed by atoms with Crippen LogP contribution < -0.4 is 10.2 Å². The Labute approximate surface area is 90.7 Å². The topological polar surface area (TPSA) is 15.3 Å². The van der Waals surface area contributed by atoms with Crippen LogP contribution in [0.5, 0.6) is 0 Å². The van der Waals surface area contributed by atoms with E-state index in [4.69, 9.17) is 0 Å². The van der Waals surface area contributed by atoms with Crippen LogP contribution in [0.4, 0.5) is 5.69 Å². The maximum absolute atomic E-state index is 4.44. The van der Waals surface area contributed by atoms with Crippen molar-refractivity contribution in [2.45, 2.75) is 11.8 Å². The fraction of sp³-hybridized carbons (Fsp3) is 0.455. The highest BCUT2D eigenvalue weighted by Gasteiger charge is 2.12. The van der Waals surface area contributed by atoms with Gasteiger partial charge in [0.2, 0.25) is 0 Å². The molecule has 0 unspecified atom stereocenters. The zero-order chi connectivity index (χ0) is 9.97. The Morgan fingerprint density at radius 2 is 2.00 bits per heavy atom. The molecule has 1 heterocycles. The maximum Gasteiger partial charge on any atom is 0.0407 e. The first kappa shape index (κ1) is 9.87. The Morgan fingerprint density at radius 1 is 1.29 bits per heavy atom. The summed E-state index contributed by atoms with van der Waals surface area (Å²) < 4.78 is 0. The van der Waals surface area contributed by atoms with E-state index in [1.165, 1.54) is 11.3 Å². The van der Waals surface area contributed by atoms with Crippen molar-refractivity contribution in [1.82, 2.24) is 5.32 Å². The van der Waals surface area contributed by atoms with Crippen LogP contribution in [-0.2, 0) is 0 Å². The van der Waals surface area contributed by atoms with Crippen LogP contribution in [0.1, 0.15) is 5.56 Å². The van der Waals surface area contributed by atoms with Gasteiger partial charge in [-0.2, -0.15) is 0 Å². The van der Waals surface area contributed by atoms with Crippen molar-refractivity contribution in [3.63, 3.8) is 0 Å². The summed E-state index contributed by atoms with van der Waals surface area (Å²) in [6.07, 6.45) is 0. The summed E-state index contributed by atoms with van der Waals surface area (Å²) in [5.41, 5.74) is 2.62. The number of thiol groups is 1. The largest absolute Gasteiger partial charge is 0.369 e. The second-order valence-electron chi connectivity index (χ2n) is 3.66. The fourth-order valence-electron chi connectivity index (χ4n) is 1.86. The van der Waals surface area contributed by atoms with E-state index in [9.17, 15) is 0 Å². The molecule has 0 amide bonds. The van der Waals surface area contributed by atoms with Crippen molar-refractivity contribution in [3.05, 3.63) is 23.8 Å². The van der Waals surface area contributed by atoms with Gasteiger partial charge in [-0.05, 0) is 24.6 Å². The lowest BCUT2D eigenvalue weighted by atomic mass is 10.1. The smallest absolute Gasteiger partial charge is 0.0407 e. The molecule has 1 saturated heterocycles. The van der Waals surface area contributed by atoms with E-state index >= 15 is 0 Å². The standard InChI is InChI=1S/C11H16N2S/c1-9-10(3-2-4-11(9)14)13-7-5-12-6-8-13/h2-4,12,14H,5-8H2,1H3. The summed E-state index contributed by atoms with van der Waals surface area (Å²) in [5, 5.41) is 3.36. The Balaban J connectivity index is 2.26. The van der Waals surface area contributed by atoms with Crippen molar-refractivity contribution >= 4 is 18.3 Å². The van der Waals surface area contributed by atoms with E-state index < -0.39 is 0 Å². The molecule has 1 aliphatic heterocycles. The maximum atomic E-state index is 4.44. The molecule has 76 valence electrons. The van der Waals surface area contributed by atoms with Crippen LogP contribution in [0.25, 0.3) is 0 Å². The number of nitrogens with zero attached hydrogens (tertiary/aromatic N) is 1. The summed E-state index contributed by atoms with van der Waals surface area (Å²) in [6, 6.07) is 6.30. The molecule has 0 bridgehead atoms. The molecular formula is C11H16N2S. The molecule has 0 atom stereocenters. The van der Waals surface area contributed by atoms with Gasteiger partial charge in [0.25, 0.3) is 0 Å². The van der Waals surface area contributed by atoms with Crippen molar-refractivity contribution in [1.29, 1.82) is 0 Å². The molecule has 3 heteroatoms. The van der Waals surface area contributed by atoms with Gasteiger partial charge >= 0.3 is 0 Å². The zero-order valence-corrected chi connectivity index (χ0v) is 9.35. The summed E-state index contributed by atoms with van der Waals surface area (Å²) in [4.78, 5) is 3.51. The molecule has 1 aromatic rings. The Hall–Kier alpha value is -0.670. The molecule has 2 nitrogen and oxygen atoms in total. The molecule has 14 heavy (non-hydrogen) atoms. The highest BCUT2D eigenvalue weighted by Crippen LogP contribution is 2.25. The third-order valence-electron chi connectivity index (χ3n) is 2.73. The van der Waals surface area contributed by atoms with Crippen LogP contribution in [0.15, 0.2) is 23.1 Å². The average molecular weight is 208 g/mol. The molecule has 1 aliphatic rings. The van der Waals surface area contributed by atoms with Crippen LogP contribution in [0.2, 0.25) is 0 Å². The van der Waals surface area contributed by atoms with Crippen molar-refractivity contribution in [3.8, 4) is 0 Å². The van der Waals surface area contributed by atoms with Crippen LogP contribution in [-0.4, -0.2) is 26.2 Å². The predicted octanol–water partition coefficient (Wildman–Crippen LogP) is 1.69. The molecule has 0 spiro atoms. The number of nitrogens with one attached hydrogen (secondary N) is 1. The van der Waals surface area contributed by atoms with Gasteiger partial charge in [-0.15, -0.1) is 12.6 Å². The van der Waals surface area contributed by atoms with Gasteiger partial charge in [-0.3, -0.25) is 0 Å². The minimum atomic E-state index is 1.08. The van der Waals surface area contributed by atoms with Crippen LogP contribution in [0.3, 0.4) is 0 Å². The number of benzene rings is 1. The lowest BCUT2D eigenvalue weighted by Crippen LogP contribution is -2.43. The lowest BCUT2D eigenvalue weighted by molar-refractivity contribution is 0.588. The first-order valence-corrected chi connectivity index (χ1v) is 5.48. The number of hydrogen-bond acceptors (Lipinski definition) is 3. The highest BCUT2D eigenvalue weighted by molar-refractivity contribution is 7.80. The van der Waals surface area contributed by atoms with E-state index in [0.717, 1.165) is 31.1 Å². The van der Waals surface area contributed by atoms with Gasteiger partial charge in [-0.25, -0.2) is 0 Å². The first-order valence-electron chi connectivity index (χ1n) is 5.03. The number of hydrogen-bond donors (Lipinski definition) is 2. The third-order valence-corrected chi connectivity index (χ3v) is 3.22. The molecular weight excluding hydrogens is 192 g/mol. The Kier molecular flexibility index (Phi) is 2.99. The third kappa shape index (κ3) is 1.88. The molecule has 1 N–H and O–H groups in total. The van der Waals surface area contributed by atoms with E-state index in [-0.39, 0.29) is 0 Å². The highest BCUT2D eigenvalue weighted by atomic mass is 32.1. The number of anilines is 1. The van der Waals surface area contributed by atoms with E-state index in [2.05, 4.69) is 41.9 Å². The number of piperazine rings is 1. The SMILES string of the molecule is Cc1c(S)cccc1N1CCNCC1. The van der Waals surface area contributed by atoms with Crippen LogP contribution >= 0.6 is 12.6 Å². The van der Waals surface area contributed by atoms with Crippen LogP contribution in [0, 0.1) is 6.92 Å². The van der Waals surface area contributed by atoms with Gasteiger partial charge in [0, 0.05) is 36.8 Å². The van der Waals surface area contributed by atoms with Gasteiger partial charge in [-0.1, -0.05) is 6.07 Å². The summed E-state index contributed by atoms with van der Waals surface area (Å²) in [5.74, 6) is 0. The average Bonchev–Trinajstić information content (AvgIpc) is 2.23. The van der Waals surface area contributed by atoms with Crippen molar-refractivity contribution < 1.29 is 0 Å². The van der Waals surface area contributed by atoms with Crippen molar-refractivity contribution in [2.24, 2.45) is 0 Å². The second-order valence-corrected chi connectivity index (χ2v) is 4.14.